The highest BCUT2D eigenvalue weighted by Crippen LogP contribution is 2.37. The van der Waals surface area contributed by atoms with Crippen LogP contribution in [0, 0.1) is 5.41 Å². The Morgan fingerprint density at radius 1 is 1.21 bits per heavy atom. The second-order valence-electron chi connectivity index (χ2n) is 5.71. The first-order chi connectivity index (χ1) is 9.04. The Morgan fingerprint density at radius 3 is 2.32 bits per heavy atom. The smallest absolute Gasteiger partial charge is 0.147 e. The molecule has 1 aromatic rings. The van der Waals surface area contributed by atoms with Crippen LogP contribution in [0.15, 0.2) is 21.1 Å². The van der Waals surface area contributed by atoms with Crippen molar-refractivity contribution < 1.29 is 4.74 Å². The lowest BCUT2D eigenvalue weighted by Gasteiger charge is -2.24. The molecule has 2 rings (SSSR count). The van der Waals surface area contributed by atoms with Gasteiger partial charge in [-0.15, -0.1) is 0 Å². The lowest BCUT2D eigenvalue weighted by Crippen LogP contribution is -2.29. The summed E-state index contributed by atoms with van der Waals surface area (Å²) in [7, 11) is 1.68. The van der Waals surface area contributed by atoms with Crippen molar-refractivity contribution >= 4 is 31.9 Å². The van der Waals surface area contributed by atoms with Gasteiger partial charge in [-0.3, -0.25) is 0 Å². The van der Waals surface area contributed by atoms with E-state index >= 15 is 0 Å². The Morgan fingerprint density at radius 2 is 1.79 bits per heavy atom. The summed E-state index contributed by atoms with van der Waals surface area (Å²) < 4.78 is 7.31. The Labute approximate surface area is 132 Å². The molecule has 2 nitrogen and oxygen atoms in total. The van der Waals surface area contributed by atoms with Crippen molar-refractivity contribution in [1.82, 2.24) is 5.32 Å². The van der Waals surface area contributed by atoms with Gasteiger partial charge in [-0.2, -0.15) is 0 Å². The summed E-state index contributed by atoms with van der Waals surface area (Å²) in [5.41, 5.74) is 1.77. The van der Waals surface area contributed by atoms with Crippen LogP contribution in [0.1, 0.15) is 38.2 Å². The van der Waals surface area contributed by atoms with Crippen LogP contribution in [-0.4, -0.2) is 13.7 Å². The molecule has 1 aromatic carbocycles. The minimum Gasteiger partial charge on any atom is -0.494 e. The first kappa shape index (κ1) is 15.3. The minimum atomic E-state index is 0.501. The lowest BCUT2D eigenvalue weighted by atomic mass is 9.89. The first-order valence-electron chi connectivity index (χ1n) is 6.77. The fourth-order valence-electron chi connectivity index (χ4n) is 2.82. The molecule has 0 saturated heterocycles. The van der Waals surface area contributed by atoms with E-state index in [1.54, 1.807) is 7.11 Å². The fourth-order valence-corrected chi connectivity index (χ4v) is 4.43. The number of hydrogen-bond acceptors (Lipinski definition) is 2. The average Bonchev–Trinajstić information content (AvgIpc) is 2.76. The zero-order valence-corrected chi connectivity index (χ0v) is 14.7. The Hall–Kier alpha value is -0.0600. The molecule has 1 N–H and O–H groups in total. The molecule has 19 heavy (non-hydrogen) atoms. The van der Waals surface area contributed by atoms with Gasteiger partial charge in [0.25, 0.3) is 0 Å². The molecule has 4 heteroatoms. The normalized spacial score (nSPS) is 17.7. The number of halogens is 2. The van der Waals surface area contributed by atoms with E-state index in [1.807, 2.05) is 0 Å². The Balaban J connectivity index is 1.93. The number of ether oxygens (including phenoxy) is 1. The van der Waals surface area contributed by atoms with Gasteiger partial charge in [-0.05, 0) is 67.8 Å². The third kappa shape index (κ3) is 3.96. The summed E-state index contributed by atoms with van der Waals surface area (Å²) in [4.78, 5) is 0. The molecule has 0 radical (unpaired) electrons. The molecule has 0 spiro atoms. The molecular formula is C15H21Br2NO. The van der Waals surface area contributed by atoms with E-state index in [0.717, 1.165) is 27.8 Å². The van der Waals surface area contributed by atoms with Crippen LogP contribution < -0.4 is 10.1 Å². The highest BCUT2D eigenvalue weighted by atomic mass is 79.9. The van der Waals surface area contributed by atoms with Crippen LogP contribution in [0.3, 0.4) is 0 Å². The Kier molecular flexibility index (Phi) is 5.32. The number of benzene rings is 1. The standard InChI is InChI=1S/C15H21Br2NO/c1-15(5-3-4-6-15)10-18-9-11-7-12(16)14(19-2)13(17)8-11/h7-8,18H,3-6,9-10H2,1-2H3. The van der Waals surface area contributed by atoms with Crippen LogP contribution in [0.25, 0.3) is 0 Å². The SMILES string of the molecule is COc1c(Br)cc(CNCC2(C)CCCC2)cc1Br. The summed E-state index contributed by atoms with van der Waals surface area (Å²) in [6.45, 7) is 4.40. The van der Waals surface area contributed by atoms with Crippen LogP contribution >= 0.6 is 31.9 Å². The van der Waals surface area contributed by atoms with E-state index in [-0.39, 0.29) is 0 Å². The predicted octanol–water partition coefficient (Wildman–Crippen LogP) is 4.89. The molecule has 1 aliphatic carbocycles. The molecule has 1 fully saturated rings. The maximum absolute atomic E-state index is 5.32. The van der Waals surface area contributed by atoms with Gasteiger partial charge < -0.3 is 10.1 Å². The van der Waals surface area contributed by atoms with E-state index in [0.29, 0.717) is 5.41 Å². The van der Waals surface area contributed by atoms with Gasteiger partial charge in [0, 0.05) is 13.1 Å². The molecule has 0 amide bonds. The Bertz CT molecular complexity index is 419. The summed E-state index contributed by atoms with van der Waals surface area (Å²) >= 11 is 7.09. The third-order valence-corrected chi connectivity index (χ3v) is 5.13. The molecule has 0 aliphatic heterocycles. The van der Waals surface area contributed by atoms with Crippen molar-refractivity contribution in [2.45, 2.75) is 39.2 Å². The molecule has 1 aliphatic rings. The number of rotatable bonds is 5. The number of nitrogens with one attached hydrogen (secondary N) is 1. The van der Waals surface area contributed by atoms with Crippen LogP contribution in [-0.2, 0) is 6.54 Å². The zero-order valence-electron chi connectivity index (χ0n) is 11.6. The molecule has 1 saturated carbocycles. The van der Waals surface area contributed by atoms with E-state index in [1.165, 1.54) is 31.2 Å². The monoisotopic (exact) mass is 389 g/mol. The number of methoxy groups -OCH3 is 1. The zero-order chi connectivity index (χ0) is 13.9. The lowest BCUT2D eigenvalue weighted by molar-refractivity contribution is 0.314. The number of hydrogen-bond donors (Lipinski definition) is 1. The van der Waals surface area contributed by atoms with Gasteiger partial charge in [-0.25, -0.2) is 0 Å². The van der Waals surface area contributed by atoms with Crippen molar-refractivity contribution in [3.63, 3.8) is 0 Å². The van der Waals surface area contributed by atoms with Gasteiger partial charge in [0.2, 0.25) is 0 Å². The second kappa shape index (κ2) is 6.59. The van der Waals surface area contributed by atoms with Gasteiger partial charge >= 0.3 is 0 Å². The van der Waals surface area contributed by atoms with E-state index < -0.39 is 0 Å². The molecule has 0 bridgehead atoms. The van der Waals surface area contributed by atoms with E-state index in [2.05, 4.69) is 56.2 Å². The summed E-state index contributed by atoms with van der Waals surface area (Å²) in [5, 5.41) is 3.59. The van der Waals surface area contributed by atoms with Crippen LogP contribution in [0.5, 0.6) is 5.75 Å². The average molecular weight is 391 g/mol. The summed E-state index contributed by atoms with van der Waals surface area (Å²) in [5.74, 6) is 0.853. The fraction of sp³-hybridized carbons (Fsp3) is 0.600. The molecule has 106 valence electrons. The molecule has 0 aromatic heterocycles. The van der Waals surface area contributed by atoms with Gasteiger partial charge in [0.15, 0.2) is 0 Å². The van der Waals surface area contributed by atoms with Crippen molar-refractivity contribution in [1.29, 1.82) is 0 Å². The predicted molar refractivity (Wildman–Crippen MR) is 86.7 cm³/mol. The second-order valence-corrected chi connectivity index (χ2v) is 7.42. The minimum absolute atomic E-state index is 0.501. The molecule has 0 atom stereocenters. The third-order valence-electron chi connectivity index (χ3n) is 3.95. The van der Waals surface area contributed by atoms with Gasteiger partial charge in [0.1, 0.15) is 5.75 Å². The van der Waals surface area contributed by atoms with E-state index in [9.17, 15) is 0 Å². The van der Waals surface area contributed by atoms with Gasteiger partial charge in [0.05, 0.1) is 16.1 Å². The molecule has 0 heterocycles. The summed E-state index contributed by atoms with van der Waals surface area (Å²) in [6, 6.07) is 4.24. The van der Waals surface area contributed by atoms with Gasteiger partial charge in [-0.1, -0.05) is 19.8 Å². The topological polar surface area (TPSA) is 21.3 Å². The van der Waals surface area contributed by atoms with Crippen molar-refractivity contribution in [3.05, 3.63) is 26.6 Å². The molecule has 0 unspecified atom stereocenters. The van der Waals surface area contributed by atoms with Crippen molar-refractivity contribution in [2.75, 3.05) is 13.7 Å². The van der Waals surface area contributed by atoms with Crippen LogP contribution in [0.2, 0.25) is 0 Å². The van der Waals surface area contributed by atoms with E-state index in [4.69, 9.17) is 4.74 Å². The quantitative estimate of drug-likeness (QED) is 0.772. The largest absolute Gasteiger partial charge is 0.494 e. The molecular weight excluding hydrogens is 370 g/mol. The summed E-state index contributed by atoms with van der Waals surface area (Å²) in [6.07, 6.45) is 5.49. The van der Waals surface area contributed by atoms with Crippen molar-refractivity contribution in [2.24, 2.45) is 5.41 Å². The maximum atomic E-state index is 5.32. The highest BCUT2D eigenvalue weighted by molar-refractivity contribution is 9.11. The maximum Gasteiger partial charge on any atom is 0.147 e. The highest BCUT2D eigenvalue weighted by Gasteiger charge is 2.27. The van der Waals surface area contributed by atoms with Crippen LogP contribution in [0.4, 0.5) is 0 Å². The van der Waals surface area contributed by atoms with Crippen molar-refractivity contribution in [3.8, 4) is 5.75 Å². The first-order valence-corrected chi connectivity index (χ1v) is 8.35.